The number of fused-ring (bicyclic) bond motifs is 1. The molecule has 4 heteroatoms. The Bertz CT molecular complexity index is 531. The fourth-order valence-electron chi connectivity index (χ4n) is 1.84. The first-order chi connectivity index (χ1) is 7.61. The van der Waals surface area contributed by atoms with Crippen LogP contribution in [-0.2, 0) is 4.79 Å². The number of Topliss-reactive ketones (excluding diaryl/α,β-unsaturated/α-hetero) is 1. The van der Waals surface area contributed by atoms with Crippen LogP contribution in [0.25, 0.3) is 11.1 Å². The molecule has 0 aliphatic rings. The fraction of sp³-hybridized carbons (Fsp3) is 0.333. The Labute approximate surface area is 93.7 Å². The topological polar surface area (TPSA) is 55.1 Å². The number of ketones is 1. The van der Waals surface area contributed by atoms with Crippen molar-refractivity contribution in [3.05, 3.63) is 29.7 Å². The number of benzene rings is 1. The zero-order chi connectivity index (χ0) is 11.7. The molecule has 1 heterocycles. The van der Waals surface area contributed by atoms with Gasteiger partial charge in [-0.2, -0.15) is 0 Å². The van der Waals surface area contributed by atoms with Gasteiger partial charge in [0.25, 0.3) is 0 Å². The van der Waals surface area contributed by atoms with Gasteiger partial charge < -0.3 is 9.73 Å². The van der Waals surface area contributed by atoms with Crippen molar-refractivity contribution in [2.24, 2.45) is 0 Å². The number of nitrogens with zero attached hydrogens (tertiary/aromatic N) is 1. The van der Waals surface area contributed by atoms with E-state index in [1.807, 2.05) is 18.2 Å². The molecular formula is C12H14N2O2. The zero-order valence-corrected chi connectivity index (χ0v) is 9.57. The Morgan fingerprint density at radius 3 is 2.88 bits per heavy atom. The van der Waals surface area contributed by atoms with Crippen molar-refractivity contribution < 1.29 is 9.21 Å². The Hall–Kier alpha value is -1.68. The molecule has 1 N–H and O–H groups in total. The SMILES string of the molecule is CNC(C(C)=O)c1ccc2oc(C)nc2c1. The highest BCUT2D eigenvalue weighted by Crippen LogP contribution is 2.21. The summed E-state index contributed by atoms with van der Waals surface area (Å²) in [6.45, 7) is 3.37. The van der Waals surface area contributed by atoms with Crippen molar-refractivity contribution in [1.29, 1.82) is 0 Å². The second-order valence-electron chi connectivity index (χ2n) is 3.79. The van der Waals surface area contributed by atoms with E-state index in [2.05, 4.69) is 10.3 Å². The first kappa shape index (κ1) is 10.8. The van der Waals surface area contributed by atoms with Gasteiger partial charge >= 0.3 is 0 Å². The third-order valence-electron chi connectivity index (χ3n) is 2.55. The summed E-state index contributed by atoms with van der Waals surface area (Å²) < 4.78 is 5.38. The lowest BCUT2D eigenvalue weighted by atomic mass is 10.0. The van der Waals surface area contributed by atoms with Gasteiger partial charge in [-0.05, 0) is 31.7 Å². The van der Waals surface area contributed by atoms with E-state index in [0.29, 0.717) is 5.89 Å². The molecule has 2 aromatic rings. The Kier molecular flexibility index (Phi) is 2.75. The first-order valence-corrected chi connectivity index (χ1v) is 5.16. The molecule has 1 unspecified atom stereocenters. The first-order valence-electron chi connectivity index (χ1n) is 5.16. The molecule has 2 rings (SSSR count). The van der Waals surface area contributed by atoms with Gasteiger partial charge in [-0.25, -0.2) is 4.98 Å². The van der Waals surface area contributed by atoms with Crippen LogP contribution < -0.4 is 5.32 Å². The molecule has 4 nitrogen and oxygen atoms in total. The van der Waals surface area contributed by atoms with Gasteiger partial charge in [-0.3, -0.25) is 4.79 Å². The van der Waals surface area contributed by atoms with Crippen LogP contribution in [-0.4, -0.2) is 17.8 Å². The van der Waals surface area contributed by atoms with Gasteiger partial charge in [-0.1, -0.05) is 6.07 Å². The normalized spacial score (nSPS) is 12.9. The average molecular weight is 218 g/mol. The number of carbonyl (C=O) groups excluding carboxylic acids is 1. The van der Waals surface area contributed by atoms with Crippen LogP contribution in [0.5, 0.6) is 0 Å². The maximum atomic E-state index is 11.4. The van der Waals surface area contributed by atoms with Crippen LogP contribution in [0.2, 0.25) is 0 Å². The van der Waals surface area contributed by atoms with Crippen molar-refractivity contribution in [2.45, 2.75) is 19.9 Å². The Morgan fingerprint density at radius 2 is 2.25 bits per heavy atom. The molecule has 0 fully saturated rings. The molecule has 0 saturated heterocycles. The number of hydrogen-bond acceptors (Lipinski definition) is 4. The quantitative estimate of drug-likeness (QED) is 0.855. The Morgan fingerprint density at radius 1 is 1.50 bits per heavy atom. The number of likely N-dealkylation sites (N-methyl/N-ethyl adjacent to an activating group) is 1. The lowest BCUT2D eigenvalue weighted by Gasteiger charge is -2.12. The minimum Gasteiger partial charge on any atom is -0.441 e. The maximum Gasteiger partial charge on any atom is 0.192 e. The average Bonchev–Trinajstić information content (AvgIpc) is 2.57. The summed E-state index contributed by atoms with van der Waals surface area (Å²) in [7, 11) is 1.77. The molecule has 0 radical (unpaired) electrons. The summed E-state index contributed by atoms with van der Waals surface area (Å²) in [5.41, 5.74) is 2.45. The second kappa shape index (κ2) is 4.06. The molecule has 1 aromatic carbocycles. The van der Waals surface area contributed by atoms with Crippen molar-refractivity contribution >= 4 is 16.9 Å². The minimum absolute atomic E-state index is 0.0852. The highest BCUT2D eigenvalue weighted by molar-refractivity contribution is 5.84. The Balaban J connectivity index is 2.48. The number of aromatic nitrogens is 1. The van der Waals surface area contributed by atoms with E-state index in [4.69, 9.17) is 4.42 Å². The maximum absolute atomic E-state index is 11.4. The summed E-state index contributed by atoms with van der Waals surface area (Å²) in [6.07, 6.45) is 0. The van der Waals surface area contributed by atoms with E-state index < -0.39 is 0 Å². The highest BCUT2D eigenvalue weighted by Gasteiger charge is 2.15. The van der Waals surface area contributed by atoms with Crippen LogP contribution in [0.3, 0.4) is 0 Å². The molecule has 0 saturated carbocycles. The van der Waals surface area contributed by atoms with Gasteiger partial charge in [-0.15, -0.1) is 0 Å². The third-order valence-corrected chi connectivity index (χ3v) is 2.55. The smallest absolute Gasteiger partial charge is 0.192 e. The summed E-state index contributed by atoms with van der Waals surface area (Å²) in [6, 6.07) is 5.34. The number of carbonyl (C=O) groups is 1. The largest absolute Gasteiger partial charge is 0.441 e. The predicted octanol–water partition coefficient (Wildman–Crippen LogP) is 1.99. The van der Waals surface area contributed by atoms with Crippen LogP contribution in [0.15, 0.2) is 22.6 Å². The van der Waals surface area contributed by atoms with E-state index in [-0.39, 0.29) is 11.8 Å². The van der Waals surface area contributed by atoms with E-state index >= 15 is 0 Å². The molecule has 0 spiro atoms. The van der Waals surface area contributed by atoms with Crippen molar-refractivity contribution in [1.82, 2.24) is 10.3 Å². The van der Waals surface area contributed by atoms with Gasteiger partial charge in [0, 0.05) is 6.92 Å². The van der Waals surface area contributed by atoms with Crippen LogP contribution >= 0.6 is 0 Å². The van der Waals surface area contributed by atoms with E-state index in [9.17, 15) is 4.79 Å². The number of hydrogen-bond donors (Lipinski definition) is 1. The van der Waals surface area contributed by atoms with E-state index in [1.54, 1.807) is 20.9 Å². The van der Waals surface area contributed by atoms with Crippen molar-refractivity contribution in [3.63, 3.8) is 0 Å². The molecule has 0 aliphatic heterocycles. The number of nitrogens with one attached hydrogen (secondary N) is 1. The van der Waals surface area contributed by atoms with Gasteiger partial charge in [0.05, 0.1) is 6.04 Å². The monoisotopic (exact) mass is 218 g/mol. The summed E-state index contributed by atoms with van der Waals surface area (Å²) in [4.78, 5) is 15.7. The lowest BCUT2D eigenvalue weighted by Crippen LogP contribution is -2.23. The number of aryl methyl sites for hydroxylation is 1. The van der Waals surface area contributed by atoms with Gasteiger partial charge in [0.15, 0.2) is 17.3 Å². The fourth-order valence-corrected chi connectivity index (χ4v) is 1.84. The molecule has 0 amide bonds. The van der Waals surface area contributed by atoms with Crippen LogP contribution in [0, 0.1) is 6.92 Å². The summed E-state index contributed by atoms with van der Waals surface area (Å²) in [5, 5.41) is 2.98. The number of rotatable bonds is 3. The van der Waals surface area contributed by atoms with E-state index in [0.717, 1.165) is 16.7 Å². The van der Waals surface area contributed by atoms with Crippen LogP contribution in [0.4, 0.5) is 0 Å². The standard InChI is InChI=1S/C12H14N2O2/c1-7(15)12(13-3)9-4-5-11-10(6-9)14-8(2)16-11/h4-6,12-13H,1-3H3. The summed E-state index contributed by atoms with van der Waals surface area (Å²) in [5.74, 6) is 0.720. The predicted molar refractivity (Wildman–Crippen MR) is 61.2 cm³/mol. The zero-order valence-electron chi connectivity index (χ0n) is 9.57. The van der Waals surface area contributed by atoms with E-state index in [1.165, 1.54) is 0 Å². The second-order valence-corrected chi connectivity index (χ2v) is 3.79. The van der Waals surface area contributed by atoms with Crippen molar-refractivity contribution in [2.75, 3.05) is 7.05 Å². The summed E-state index contributed by atoms with van der Waals surface area (Å²) >= 11 is 0. The molecule has 84 valence electrons. The van der Waals surface area contributed by atoms with Crippen LogP contribution in [0.1, 0.15) is 24.4 Å². The molecule has 1 atom stereocenters. The molecular weight excluding hydrogens is 204 g/mol. The molecule has 0 aliphatic carbocycles. The minimum atomic E-state index is -0.276. The third kappa shape index (κ3) is 1.84. The molecule has 0 bridgehead atoms. The van der Waals surface area contributed by atoms with Gasteiger partial charge in [0.1, 0.15) is 5.52 Å². The molecule has 1 aromatic heterocycles. The number of oxazole rings is 1. The highest BCUT2D eigenvalue weighted by atomic mass is 16.3. The molecule has 16 heavy (non-hydrogen) atoms. The van der Waals surface area contributed by atoms with Gasteiger partial charge in [0.2, 0.25) is 0 Å². The van der Waals surface area contributed by atoms with Crippen molar-refractivity contribution in [3.8, 4) is 0 Å². The lowest BCUT2D eigenvalue weighted by molar-refractivity contribution is -0.119.